The van der Waals surface area contributed by atoms with E-state index in [0.717, 1.165) is 0 Å². The molecule has 0 fully saturated rings. The minimum Gasteiger partial charge on any atom is -0.304 e. The van der Waals surface area contributed by atoms with Crippen LogP contribution in [-0.2, 0) is 4.74 Å². The third kappa shape index (κ3) is 6.11. The summed E-state index contributed by atoms with van der Waals surface area (Å²) in [6, 6.07) is -0.469. The first kappa shape index (κ1) is 7.11. The summed E-state index contributed by atoms with van der Waals surface area (Å²) < 4.78 is 26.5. The molecule has 0 rings (SSSR count). The van der Waals surface area contributed by atoms with Gasteiger partial charge >= 0.3 is 6.11 Å². The van der Waals surface area contributed by atoms with Crippen LogP contribution in [0.4, 0.5) is 8.78 Å². The molecule has 0 N–H and O–H groups in total. The van der Waals surface area contributed by atoms with E-state index in [1.165, 1.54) is 0 Å². The first-order valence-corrected chi connectivity index (χ1v) is 2.17. The Morgan fingerprint density at radius 1 is 1.71 bits per heavy atom. The highest BCUT2D eigenvalue weighted by Gasteiger charge is 2.19. The topological polar surface area (TPSA) is 9.23 Å². The lowest BCUT2D eigenvalue weighted by atomic mass is 10.8. The molecule has 0 bridgehead atoms. The van der Waals surface area contributed by atoms with Crippen LogP contribution < -0.4 is 0 Å². The van der Waals surface area contributed by atoms with Crippen LogP contribution in [0.3, 0.4) is 0 Å². The van der Waals surface area contributed by atoms with Gasteiger partial charge in [-0.3, -0.25) is 0 Å². The van der Waals surface area contributed by atoms with E-state index < -0.39 is 12.2 Å². The molecule has 0 aromatic heterocycles. The van der Waals surface area contributed by atoms with Crippen molar-refractivity contribution in [3.05, 3.63) is 0 Å². The Hall–Kier alpha value is 0.110. The third-order valence-electron chi connectivity index (χ3n) is 0.308. The van der Waals surface area contributed by atoms with Gasteiger partial charge in [0.05, 0.1) is 0 Å². The first-order valence-electron chi connectivity index (χ1n) is 1.64. The Balaban J connectivity index is 3.15. The minimum absolute atomic E-state index is 0.469. The molecular formula is C3H5ClF2O. The van der Waals surface area contributed by atoms with Gasteiger partial charge in [0.15, 0.2) is 0 Å². The van der Waals surface area contributed by atoms with E-state index in [9.17, 15) is 8.78 Å². The number of rotatable bonds is 2. The largest absolute Gasteiger partial charge is 0.354 e. The van der Waals surface area contributed by atoms with Crippen molar-refractivity contribution in [2.75, 3.05) is 6.07 Å². The number of alkyl halides is 3. The minimum atomic E-state index is -3.08. The maximum Gasteiger partial charge on any atom is 0.354 e. The van der Waals surface area contributed by atoms with Crippen LogP contribution in [0.2, 0.25) is 0 Å². The Labute approximate surface area is 45.2 Å². The fourth-order valence-corrected chi connectivity index (χ4v) is 0.287. The molecule has 0 unspecified atom stereocenters. The second-order valence-corrected chi connectivity index (χ2v) is 1.28. The second kappa shape index (κ2) is 2.43. The first-order chi connectivity index (χ1) is 3.06. The van der Waals surface area contributed by atoms with Gasteiger partial charge in [-0.05, 0) is 0 Å². The molecule has 0 saturated carbocycles. The maximum atomic E-state index is 11.4. The third-order valence-corrected chi connectivity index (χ3v) is 0.417. The summed E-state index contributed by atoms with van der Waals surface area (Å²) in [6.45, 7) is 0.634. The summed E-state index contributed by atoms with van der Waals surface area (Å²) in [6.07, 6.45) is -3.08. The number of hydrogen-bond acceptors (Lipinski definition) is 1. The highest BCUT2D eigenvalue weighted by Crippen LogP contribution is 2.12. The van der Waals surface area contributed by atoms with Crippen molar-refractivity contribution >= 4 is 11.6 Å². The molecule has 4 heteroatoms. The molecule has 0 saturated heterocycles. The summed E-state index contributed by atoms with van der Waals surface area (Å²) in [5.74, 6) is 0. The van der Waals surface area contributed by atoms with Gasteiger partial charge in [-0.15, -0.1) is 0 Å². The highest BCUT2D eigenvalue weighted by atomic mass is 35.5. The molecule has 1 nitrogen and oxygen atoms in total. The van der Waals surface area contributed by atoms with Crippen molar-refractivity contribution in [3.63, 3.8) is 0 Å². The molecule has 0 amide bonds. The molecule has 0 aromatic carbocycles. The molecule has 0 spiro atoms. The van der Waals surface area contributed by atoms with Gasteiger partial charge in [0.1, 0.15) is 6.07 Å². The van der Waals surface area contributed by atoms with Crippen LogP contribution in [0, 0.1) is 0 Å². The molecule has 7 heavy (non-hydrogen) atoms. The summed E-state index contributed by atoms with van der Waals surface area (Å²) in [5, 5.41) is 0. The van der Waals surface area contributed by atoms with Gasteiger partial charge < -0.3 is 4.74 Å². The van der Waals surface area contributed by atoms with E-state index in [1.54, 1.807) is 0 Å². The molecule has 0 aliphatic carbocycles. The van der Waals surface area contributed by atoms with Crippen LogP contribution in [0.5, 0.6) is 0 Å². The van der Waals surface area contributed by atoms with Crippen molar-refractivity contribution < 1.29 is 13.5 Å². The lowest BCUT2D eigenvalue weighted by molar-refractivity contribution is -0.212. The van der Waals surface area contributed by atoms with Gasteiger partial charge in [0, 0.05) is 6.92 Å². The number of hydrogen-bond donors (Lipinski definition) is 0. The molecule has 0 aliphatic rings. The van der Waals surface area contributed by atoms with Gasteiger partial charge in [-0.1, -0.05) is 11.6 Å². The van der Waals surface area contributed by atoms with Gasteiger partial charge in [-0.2, -0.15) is 8.78 Å². The normalized spacial score (nSPS) is 12.0. The predicted molar refractivity (Wildman–Crippen MR) is 22.4 cm³/mol. The Morgan fingerprint density at radius 3 is 2.14 bits per heavy atom. The van der Waals surface area contributed by atoms with E-state index in [0.29, 0.717) is 6.92 Å². The van der Waals surface area contributed by atoms with Crippen molar-refractivity contribution in [2.24, 2.45) is 0 Å². The van der Waals surface area contributed by atoms with Crippen molar-refractivity contribution in [2.45, 2.75) is 13.0 Å². The van der Waals surface area contributed by atoms with Crippen LogP contribution in [-0.4, -0.2) is 12.2 Å². The molecule has 0 aliphatic heterocycles. The SMILES string of the molecule is CC(F)(F)OCCl. The molecular weight excluding hydrogens is 125 g/mol. The zero-order valence-electron chi connectivity index (χ0n) is 3.75. The number of halogens is 3. The van der Waals surface area contributed by atoms with Gasteiger partial charge in [0.2, 0.25) is 0 Å². The summed E-state index contributed by atoms with van der Waals surface area (Å²) >= 11 is 4.78. The summed E-state index contributed by atoms with van der Waals surface area (Å²) in [7, 11) is 0. The van der Waals surface area contributed by atoms with E-state index in [1.807, 2.05) is 0 Å². The molecule has 44 valence electrons. The van der Waals surface area contributed by atoms with Crippen molar-refractivity contribution in [3.8, 4) is 0 Å². The predicted octanol–water partition coefficient (Wildman–Crippen LogP) is 1.81. The molecule has 0 heterocycles. The second-order valence-electron chi connectivity index (χ2n) is 1.06. The van der Waals surface area contributed by atoms with Crippen molar-refractivity contribution in [1.82, 2.24) is 0 Å². The Kier molecular flexibility index (Phi) is 2.46. The van der Waals surface area contributed by atoms with Crippen LogP contribution in [0.15, 0.2) is 0 Å². The zero-order chi connectivity index (χ0) is 5.91. The van der Waals surface area contributed by atoms with Crippen LogP contribution in [0.1, 0.15) is 6.92 Å². The van der Waals surface area contributed by atoms with E-state index in [2.05, 4.69) is 4.74 Å². The Bertz CT molecular complexity index is 51.4. The highest BCUT2D eigenvalue weighted by molar-refractivity contribution is 6.17. The fraction of sp³-hybridized carbons (Fsp3) is 1.00. The Morgan fingerprint density at radius 2 is 2.14 bits per heavy atom. The van der Waals surface area contributed by atoms with E-state index in [4.69, 9.17) is 11.6 Å². The summed E-state index contributed by atoms with van der Waals surface area (Å²) in [4.78, 5) is 0. The lowest BCUT2D eigenvalue weighted by Gasteiger charge is -2.05. The fourth-order valence-electron chi connectivity index (χ4n) is 0.0958. The van der Waals surface area contributed by atoms with E-state index in [-0.39, 0.29) is 0 Å². The number of ether oxygens (including phenoxy) is 1. The van der Waals surface area contributed by atoms with Gasteiger partial charge in [-0.25, -0.2) is 0 Å². The average Bonchev–Trinajstić information content (AvgIpc) is 1.30. The standard InChI is InChI=1S/C3H5ClF2O/c1-3(5,6)7-2-4/h2H2,1H3. The molecule has 0 atom stereocenters. The van der Waals surface area contributed by atoms with Crippen LogP contribution in [0.25, 0.3) is 0 Å². The maximum absolute atomic E-state index is 11.4. The van der Waals surface area contributed by atoms with Crippen LogP contribution >= 0.6 is 11.6 Å². The lowest BCUT2D eigenvalue weighted by Crippen LogP contribution is -2.13. The van der Waals surface area contributed by atoms with Crippen molar-refractivity contribution in [1.29, 1.82) is 0 Å². The zero-order valence-corrected chi connectivity index (χ0v) is 4.51. The monoisotopic (exact) mass is 130 g/mol. The van der Waals surface area contributed by atoms with Gasteiger partial charge in [0.25, 0.3) is 0 Å². The molecule has 0 radical (unpaired) electrons. The average molecular weight is 131 g/mol. The summed E-state index contributed by atoms with van der Waals surface area (Å²) in [5.41, 5.74) is 0. The van der Waals surface area contributed by atoms with E-state index >= 15 is 0 Å². The molecule has 0 aromatic rings. The quantitative estimate of drug-likeness (QED) is 0.518. The smallest absolute Gasteiger partial charge is 0.304 e.